The van der Waals surface area contributed by atoms with E-state index in [-0.39, 0.29) is 5.97 Å². The molecule has 2 aromatic carbocycles. The third kappa shape index (κ3) is 4.44. The van der Waals surface area contributed by atoms with E-state index in [1.165, 1.54) is 0 Å². The van der Waals surface area contributed by atoms with E-state index >= 15 is 0 Å². The highest BCUT2D eigenvalue weighted by atomic mass is 16.6. The number of nitrogens with one attached hydrogen (secondary N) is 1. The molecule has 0 fully saturated rings. The van der Waals surface area contributed by atoms with Gasteiger partial charge in [0.2, 0.25) is 5.95 Å². The average molecular weight is 351 g/mol. The number of benzene rings is 2. The van der Waals surface area contributed by atoms with Crippen molar-refractivity contribution < 1.29 is 9.53 Å². The van der Waals surface area contributed by atoms with E-state index in [2.05, 4.69) is 20.8 Å². The van der Waals surface area contributed by atoms with Crippen LogP contribution in [0.3, 0.4) is 0 Å². The van der Waals surface area contributed by atoms with Gasteiger partial charge in [0.25, 0.3) is 0 Å². The van der Waals surface area contributed by atoms with Crippen LogP contribution in [0.1, 0.15) is 36.7 Å². The Kier molecular flexibility index (Phi) is 4.97. The summed E-state index contributed by atoms with van der Waals surface area (Å²) in [5, 5.41) is 14.9. The Hall–Kier alpha value is -3.22. The third-order valence-corrected chi connectivity index (χ3v) is 3.51. The first-order chi connectivity index (χ1) is 12.4. The molecule has 3 aromatic rings. The number of hydrogen-bond acceptors (Lipinski definition) is 6. The van der Waals surface area contributed by atoms with E-state index in [0.717, 1.165) is 11.3 Å². The predicted molar refractivity (Wildman–Crippen MR) is 98.1 cm³/mol. The minimum absolute atomic E-state index is 0.329. The molecule has 26 heavy (non-hydrogen) atoms. The minimum atomic E-state index is -0.508. The Morgan fingerprint density at radius 1 is 1.08 bits per heavy atom. The molecule has 3 rings (SSSR count). The van der Waals surface area contributed by atoms with Crippen molar-refractivity contribution in [2.24, 2.45) is 0 Å². The molecule has 0 spiro atoms. The zero-order valence-corrected chi connectivity index (χ0v) is 15.0. The van der Waals surface area contributed by atoms with Crippen molar-refractivity contribution in [2.45, 2.75) is 32.9 Å². The fraction of sp³-hybridized carbons (Fsp3) is 0.263. The average Bonchev–Trinajstić information content (AvgIpc) is 3.08. The predicted octanol–water partition coefficient (Wildman–Crippen LogP) is 3.23. The summed E-state index contributed by atoms with van der Waals surface area (Å²) in [5.41, 5.74) is 1.89. The molecule has 1 heterocycles. The van der Waals surface area contributed by atoms with Gasteiger partial charge in [-0.3, -0.25) is 0 Å². The zero-order valence-electron chi connectivity index (χ0n) is 15.0. The van der Waals surface area contributed by atoms with E-state index in [0.29, 0.717) is 18.1 Å². The van der Waals surface area contributed by atoms with Gasteiger partial charge in [0.05, 0.1) is 11.3 Å². The highest BCUT2D eigenvalue weighted by Crippen LogP contribution is 2.14. The molecule has 7 nitrogen and oxygen atoms in total. The quantitative estimate of drug-likeness (QED) is 0.711. The zero-order chi connectivity index (χ0) is 18.6. The van der Waals surface area contributed by atoms with Gasteiger partial charge in [-0.25, -0.2) is 4.79 Å². The van der Waals surface area contributed by atoms with Crippen LogP contribution < -0.4 is 5.32 Å². The summed E-state index contributed by atoms with van der Waals surface area (Å²) >= 11 is 0. The summed E-state index contributed by atoms with van der Waals surface area (Å²) in [6.45, 7) is 6.07. The van der Waals surface area contributed by atoms with Crippen LogP contribution in [-0.4, -0.2) is 31.8 Å². The van der Waals surface area contributed by atoms with Crippen molar-refractivity contribution in [3.8, 4) is 5.69 Å². The number of hydrogen-bond donors (Lipinski definition) is 1. The van der Waals surface area contributed by atoms with Gasteiger partial charge in [-0.2, -0.15) is 4.68 Å². The van der Waals surface area contributed by atoms with Crippen LogP contribution in [0, 0.1) is 0 Å². The first-order valence-corrected chi connectivity index (χ1v) is 8.32. The van der Waals surface area contributed by atoms with Crippen LogP contribution in [0.15, 0.2) is 54.6 Å². The fourth-order valence-electron chi connectivity index (χ4n) is 2.32. The number of rotatable bonds is 5. The molecule has 0 radical (unpaired) electrons. The van der Waals surface area contributed by atoms with Crippen LogP contribution in [-0.2, 0) is 11.3 Å². The van der Waals surface area contributed by atoms with E-state index < -0.39 is 5.60 Å². The number of aromatic nitrogens is 4. The lowest BCUT2D eigenvalue weighted by Crippen LogP contribution is -2.23. The number of tetrazole rings is 1. The molecule has 0 saturated carbocycles. The Balaban J connectivity index is 1.65. The van der Waals surface area contributed by atoms with Gasteiger partial charge in [-0.05, 0) is 61.0 Å². The molecule has 1 aromatic heterocycles. The number of para-hydroxylation sites is 1. The van der Waals surface area contributed by atoms with Crippen molar-refractivity contribution in [1.82, 2.24) is 20.2 Å². The molecule has 0 unspecified atom stereocenters. The van der Waals surface area contributed by atoms with Crippen molar-refractivity contribution >= 4 is 11.9 Å². The third-order valence-electron chi connectivity index (χ3n) is 3.51. The standard InChI is InChI=1S/C19H21N5O2/c1-19(2,3)26-17(25)15-11-9-14(10-12-15)13-20-18-21-22-23-24(18)16-7-5-4-6-8-16/h4-12H,13H2,1-3H3,(H,20,21,23). The van der Waals surface area contributed by atoms with Gasteiger partial charge in [-0.15, -0.1) is 0 Å². The van der Waals surface area contributed by atoms with Gasteiger partial charge < -0.3 is 10.1 Å². The second-order valence-corrected chi connectivity index (χ2v) is 6.80. The molecule has 0 atom stereocenters. The maximum atomic E-state index is 12.1. The van der Waals surface area contributed by atoms with Crippen LogP contribution in [0.25, 0.3) is 5.69 Å². The van der Waals surface area contributed by atoms with E-state index in [9.17, 15) is 4.79 Å². The lowest BCUT2D eigenvalue weighted by Gasteiger charge is -2.19. The molecule has 0 amide bonds. The number of carbonyl (C=O) groups is 1. The van der Waals surface area contributed by atoms with E-state index in [4.69, 9.17) is 4.74 Å². The highest BCUT2D eigenvalue weighted by Gasteiger charge is 2.17. The lowest BCUT2D eigenvalue weighted by molar-refractivity contribution is 0.00695. The van der Waals surface area contributed by atoms with Crippen molar-refractivity contribution in [3.63, 3.8) is 0 Å². The van der Waals surface area contributed by atoms with Gasteiger partial charge in [0, 0.05) is 6.54 Å². The maximum absolute atomic E-state index is 12.1. The van der Waals surface area contributed by atoms with Crippen molar-refractivity contribution in [1.29, 1.82) is 0 Å². The highest BCUT2D eigenvalue weighted by molar-refractivity contribution is 5.89. The molecule has 0 aliphatic carbocycles. The molecule has 0 aliphatic rings. The first kappa shape index (κ1) is 17.6. The smallest absolute Gasteiger partial charge is 0.338 e. The molecule has 0 aliphatic heterocycles. The number of esters is 1. The SMILES string of the molecule is CC(C)(C)OC(=O)c1ccc(CNc2nnnn2-c2ccccc2)cc1. The number of nitrogens with zero attached hydrogens (tertiary/aromatic N) is 4. The van der Waals surface area contributed by atoms with Crippen LogP contribution in [0.5, 0.6) is 0 Å². The Morgan fingerprint density at radius 2 is 1.77 bits per heavy atom. The van der Waals surface area contributed by atoms with Crippen LogP contribution >= 0.6 is 0 Å². The lowest BCUT2D eigenvalue weighted by atomic mass is 10.1. The molecule has 134 valence electrons. The molecule has 7 heteroatoms. The van der Waals surface area contributed by atoms with Crippen molar-refractivity contribution in [2.75, 3.05) is 5.32 Å². The monoisotopic (exact) mass is 351 g/mol. The second-order valence-electron chi connectivity index (χ2n) is 6.80. The fourth-order valence-corrected chi connectivity index (χ4v) is 2.32. The molecule has 0 bridgehead atoms. The second kappa shape index (κ2) is 7.35. The molecule has 1 N–H and O–H groups in total. The Bertz CT molecular complexity index is 867. The number of anilines is 1. The normalized spacial score (nSPS) is 11.2. The number of carbonyl (C=O) groups excluding carboxylic acids is 1. The Labute approximate surface area is 152 Å². The van der Waals surface area contributed by atoms with E-state index in [1.54, 1.807) is 16.8 Å². The Morgan fingerprint density at radius 3 is 2.42 bits per heavy atom. The maximum Gasteiger partial charge on any atom is 0.338 e. The first-order valence-electron chi connectivity index (χ1n) is 8.32. The summed E-state index contributed by atoms with van der Waals surface area (Å²) in [5.74, 6) is 0.220. The summed E-state index contributed by atoms with van der Waals surface area (Å²) in [6, 6.07) is 16.9. The topological polar surface area (TPSA) is 81.9 Å². The van der Waals surface area contributed by atoms with Gasteiger partial charge >= 0.3 is 5.97 Å². The molecule has 0 saturated heterocycles. The summed E-state index contributed by atoms with van der Waals surface area (Å²) < 4.78 is 7.00. The summed E-state index contributed by atoms with van der Waals surface area (Å²) in [7, 11) is 0. The van der Waals surface area contributed by atoms with Crippen LogP contribution in [0.4, 0.5) is 5.95 Å². The minimum Gasteiger partial charge on any atom is -0.456 e. The number of ether oxygens (including phenoxy) is 1. The van der Waals surface area contributed by atoms with Gasteiger partial charge in [0.15, 0.2) is 0 Å². The summed E-state index contributed by atoms with van der Waals surface area (Å²) in [4.78, 5) is 12.1. The largest absolute Gasteiger partial charge is 0.456 e. The van der Waals surface area contributed by atoms with Crippen molar-refractivity contribution in [3.05, 3.63) is 65.7 Å². The van der Waals surface area contributed by atoms with Gasteiger partial charge in [-0.1, -0.05) is 35.4 Å². The van der Waals surface area contributed by atoms with Crippen LogP contribution in [0.2, 0.25) is 0 Å². The molecular weight excluding hydrogens is 330 g/mol. The van der Waals surface area contributed by atoms with E-state index in [1.807, 2.05) is 63.2 Å². The summed E-state index contributed by atoms with van der Waals surface area (Å²) in [6.07, 6.45) is 0. The van der Waals surface area contributed by atoms with Gasteiger partial charge in [0.1, 0.15) is 5.60 Å². The molecular formula is C19H21N5O2.